The highest BCUT2D eigenvalue weighted by atomic mass is 16.2. The van der Waals surface area contributed by atoms with E-state index in [2.05, 4.69) is 0 Å². The summed E-state index contributed by atoms with van der Waals surface area (Å²) in [6, 6.07) is 0. The average molecular weight is 145 g/mol. The van der Waals surface area contributed by atoms with E-state index >= 15 is 0 Å². The highest BCUT2D eigenvalue weighted by Crippen LogP contribution is 2.05. The van der Waals surface area contributed by atoms with Gasteiger partial charge in [-0.25, -0.2) is 5.84 Å². The summed E-state index contributed by atoms with van der Waals surface area (Å²) in [7, 11) is 0. The summed E-state index contributed by atoms with van der Waals surface area (Å²) >= 11 is 0. The lowest BCUT2D eigenvalue weighted by Gasteiger charge is -2.16. The molecule has 0 radical (unpaired) electrons. The predicted molar refractivity (Wildman–Crippen MR) is 39.8 cm³/mol. The Balaban J connectivity index is 3.46. The molecule has 60 valence electrons. The molecule has 0 heterocycles. The second kappa shape index (κ2) is 3.53. The van der Waals surface area contributed by atoms with Crippen LogP contribution < -0.4 is 17.0 Å². The Morgan fingerprint density at radius 3 is 2.40 bits per heavy atom. The Hall–Kier alpha value is -0.610. The van der Waals surface area contributed by atoms with E-state index in [9.17, 15) is 4.79 Å². The van der Waals surface area contributed by atoms with Crippen molar-refractivity contribution in [1.82, 2.24) is 5.43 Å². The van der Waals surface area contributed by atoms with Gasteiger partial charge in [-0.1, -0.05) is 0 Å². The van der Waals surface area contributed by atoms with Crippen LogP contribution in [0.15, 0.2) is 0 Å². The molecule has 4 heteroatoms. The van der Waals surface area contributed by atoms with Gasteiger partial charge in [0.1, 0.15) is 0 Å². The summed E-state index contributed by atoms with van der Waals surface area (Å²) in [5, 5.41) is 0. The topological polar surface area (TPSA) is 81.1 Å². The number of hydrogen-bond acceptors (Lipinski definition) is 3. The first kappa shape index (κ1) is 9.39. The zero-order valence-electron chi connectivity index (χ0n) is 6.48. The Kier molecular flexibility index (Phi) is 3.32. The van der Waals surface area contributed by atoms with Crippen LogP contribution in [0.3, 0.4) is 0 Å². The van der Waals surface area contributed by atoms with Crippen molar-refractivity contribution in [1.29, 1.82) is 0 Å². The maximum atomic E-state index is 10.6. The molecule has 0 unspecified atom stereocenters. The molecule has 0 aromatic rings. The Morgan fingerprint density at radius 2 is 2.10 bits per heavy atom. The molecule has 5 N–H and O–H groups in total. The molecule has 0 aliphatic heterocycles. The van der Waals surface area contributed by atoms with Gasteiger partial charge in [-0.3, -0.25) is 10.2 Å². The van der Waals surface area contributed by atoms with Crippen molar-refractivity contribution >= 4 is 5.91 Å². The van der Waals surface area contributed by atoms with Gasteiger partial charge in [0.2, 0.25) is 5.91 Å². The van der Waals surface area contributed by atoms with Crippen molar-refractivity contribution in [2.45, 2.75) is 32.2 Å². The number of nitrogens with one attached hydrogen (secondary N) is 1. The van der Waals surface area contributed by atoms with Crippen molar-refractivity contribution in [3.8, 4) is 0 Å². The van der Waals surface area contributed by atoms with Crippen LogP contribution in [0.4, 0.5) is 0 Å². The van der Waals surface area contributed by atoms with Crippen molar-refractivity contribution in [2.75, 3.05) is 0 Å². The van der Waals surface area contributed by atoms with E-state index < -0.39 is 0 Å². The maximum absolute atomic E-state index is 10.6. The first-order valence-electron chi connectivity index (χ1n) is 3.24. The number of rotatable bonds is 3. The van der Waals surface area contributed by atoms with Crippen LogP contribution in [0, 0.1) is 0 Å². The summed E-state index contributed by atoms with van der Waals surface area (Å²) < 4.78 is 0. The van der Waals surface area contributed by atoms with Gasteiger partial charge >= 0.3 is 0 Å². The molecule has 0 aliphatic rings. The lowest BCUT2D eigenvalue weighted by atomic mass is 10.0. The number of carbonyl (C=O) groups is 1. The lowest BCUT2D eigenvalue weighted by molar-refractivity contribution is -0.121. The molecule has 0 aromatic heterocycles. The zero-order chi connectivity index (χ0) is 8.20. The normalized spacial score (nSPS) is 11.2. The molecular weight excluding hydrogens is 130 g/mol. The molecule has 0 aromatic carbocycles. The fourth-order valence-corrected chi connectivity index (χ4v) is 0.508. The largest absolute Gasteiger partial charge is 0.326 e. The average Bonchev–Trinajstić information content (AvgIpc) is 1.81. The van der Waals surface area contributed by atoms with Crippen molar-refractivity contribution in [3.63, 3.8) is 0 Å². The monoisotopic (exact) mass is 145 g/mol. The SMILES string of the molecule is CC(C)(N)CCC(=O)NN. The Bertz CT molecular complexity index is 117. The van der Waals surface area contributed by atoms with Gasteiger partial charge in [-0.2, -0.15) is 0 Å². The van der Waals surface area contributed by atoms with E-state index in [1.165, 1.54) is 0 Å². The Labute approximate surface area is 60.9 Å². The molecule has 0 bridgehead atoms. The molecule has 0 aliphatic carbocycles. The van der Waals surface area contributed by atoms with Crippen LogP contribution in [0.25, 0.3) is 0 Å². The summed E-state index contributed by atoms with van der Waals surface area (Å²) in [4.78, 5) is 10.6. The quantitative estimate of drug-likeness (QED) is 0.284. The fourth-order valence-electron chi connectivity index (χ4n) is 0.508. The molecule has 0 rings (SSSR count). The standard InChI is InChI=1S/C6H15N3O/c1-6(2,7)4-3-5(10)9-8/h3-4,7-8H2,1-2H3,(H,9,10). The molecular formula is C6H15N3O. The number of nitrogens with two attached hydrogens (primary N) is 2. The second-order valence-electron chi connectivity index (χ2n) is 3.06. The third kappa shape index (κ3) is 5.53. The van der Waals surface area contributed by atoms with Gasteiger partial charge in [0.25, 0.3) is 0 Å². The van der Waals surface area contributed by atoms with E-state index in [4.69, 9.17) is 11.6 Å². The molecule has 0 spiro atoms. The van der Waals surface area contributed by atoms with Gasteiger partial charge in [0, 0.05) is 12.0 Å². The third-order valence-corrected chi connectivity index (χ3v) is 1.16. The molecule has 0 fully saturated rings. The number of amides is 1. The van der Waals surface area contributed by atoms with Gasteiger partial charge in [0.05, 0.1) is 0 Å². The summed E-state index contributed by atoms with van der Waals surface area (Å²) in [6.07, 6.45) is 1.04. The highest BCUT2D eigenvalue weighted by Gasteiger charge is 2.11. The minimum Gasteiger partial charge on any atom is -0.326 e. The molecule has 0 atom stereocenters. The highest BCUT2D eigenvalue weighted by molar-refractivity contribution is 5.75. The lowest BCUT2D eigenvalue weighted by Crippen LogP contribution is -2.36. The minimum atomic E-state index is -0.285. The Morgan fingerprint density at radius 1 is 1.60 bits per heavy atom. The third-order valence-electron chi connectivity index (χ3n) is 1.16. The number of hydrazine groups is 1. The van der Waals surface area contributed by atoms with Crippen LogP contribution in [0.5, 0.6) is 0 Å². The van der Waals surface area contributed by atoms with Gasteiger partial charge < -0.3 is 5.73 Å². The van der Waals surface area contributed by atoms with Crippen molar-refractivity contribution < 1.29 is 4.79 Å². The molecule has 4 nitrogen and oxygen atoms in total. The first-order chi connectivity index (χ1) is 4.45. The van der Waals surface area contributed by atoms with Crippen LogP contribution in [-0.4, -0.2) is 11.4 Å². The second-order valence-corrected chi connectivity index (χ2v) is 3.06. The number of hydrogen-bond donors (Lipinski definition) is 3. The van der Waals surface area contributed by atoms with Crippen LogP contribution in [-0.2, 0) is 4.79 Å². The van der Waals surface area contributed by atoms with Crippen LogP contribution >= 0.6 is 0 Å². The van der Waals surface area contributed by atoms with E-state index in [1.807, 2.05) is 19.3 Å². The smallest absolute Gasteiger partial charge is 0.233 e. The molecule has 0 saturated carbocycles. The van der Waals surface area contributed by atoms with Gasteiger partial charge in [-0.05, 0) is 20.3 Å². The van der Waals surface area contributed by atoms with Gasteiger partial charge in [-0.15, -0.1) is 0 Å². The van der Waals surface area contributed by atoms with Crippen molar-refractivity contribution in [3.05, 3.63) is 0 Å². The van der Waals surface area contributed by atoms with E-state index in [0.29, 0.717) is 12.8 Å². The predicted octanol–water partition coefficient (Wildman–Crippen LogP) is -0.506. The maximum Gasteiger partial charge on any atom is 0.233 e. The van der Waals surface area contributed by atoms with Crippen molar-refractivity contribution in [2.24, 2.45) is 11.6 Å². The summed E-state index contributed by atoms with van der Waals surface area (Å²) in [5.74, 6) is 4.69. The van der Waals surface area contributed by atoms with Crippen LogP contribution in [0.1, 0.15) is 26.7 Å². The minimum absolute atomic E-state index is 0.168. The van der Waals surface area contributed by atoms with E-state index in [0.717, 1.165) is 0 Å². The van der Waals surface area contributed by atoms with Gasteiger partial charge in [0.15, 0.2) is 0 Å². The van der Waals surface area contributed by atoms with E-state index in [-0.39, 0.29) is 11.4 Å². The zero-order valence-corrected chi connectivity index (χ0v) is 6.48. The number of carbonyl (C=O) groups excluding carboxylic acids is 1. The van der Waals surface area contributed by atoms with E-state index in [1.54, 1.807) is 0 Å². The van der Waals surface area contributed by atoms with Crippen LogP contribution in [0.2, 0.25) is 0 Å². The fraction of sp³-hybridized carbons (Fsp3) is 0.833. The molecule has 0 saturated heterocycles. The summed E-state index contributed by atoms with van der Waals surface area (Å²) in [6.45, 7) is 3.74. The summed E-state index contributed by atoms with van der Waals surface area (Å²) in [5.41, 5.74) is 7.38. The first-order valence-corrected chi connectivity index (χ1v) is 3.24. The molecule has 10 heavy (non-hydrogen) atoms. The molecule has 1 amide bonds.